The minimum absolute atomic E-state index is 0.119. The van der Waals surface area contributed by atoms with E-state index in [2.05, 4.69) is 19.2 Å². The Labute approximate surface area is 160 Å². The van der Waals surface area contributed by atoms with Gasteiger partial charge < -0.3 is 19.5 Å². The molecule has 1 heterocycles. The Hall–Kier alpha value is -2.69. The summed E-state index contributed by atoms with van der Waals surface area (Å²) in [6.45, 7) is 7.69. The summed E-state index contributed by atoms with van der Waals surface area (Å²) in [6, 6.07) is 13.7. The van der Waals surface area contributed by atoms with Crippen molar-refractivity contribution in [2.75, 3.05) is 19.8 Å². The maximum Gasteiger partial charge on any atom is 0.260 e. The Bertz CT molecular complexity index is 788. The summed E-state index contributed by atoms with van der Waals surface area (Å²) in [4.78, 5) is 12.4. The lowest BCUT2D eigenvalue weighted by Crippen LogP contribution is -2.37. The molecule has 27 heavy (non-hydrogen) atoms. The van der Waals surface area contributed by atoms with Crippen molar-refractivity contribution < 1.29 is 19.0 Å². The molecule has 0 radical (unpaired) electrons. The molecule has 1 unspecified atom stereocenters. The number of hydrogen-bond acceptors (Lipinski definition) is 4. The van der Waals surface area contributed by atoms with Crippen molar-refractivity contribution in [2.24, 2.45) is 0 Å². The number of ether oxygens (including phenoxy) is 3. The molecule has 0 aliphatic carbocycles. The number of carbonyl (C=O) groups excluding carboxylic acids is 1. The van der Waals surface area contributed by atoms with Crippen LogP contribution in [0.2, 0.25) is 0 Å². The number of fused-ring (bicyclic) bond motifs is 1. The fourth-order valence-corrected chi connectivity index (χ4v) is 3.03. The summed E-state index contributed by atoms with van der Waals surface area (Å²) in [6.07, 6.45) is 0.169. The zero-order valence-electron chi connectivity index (χ0n) is 16.2. The second-order valence-electron chi connectivity index (χ2n) is 6.97. The molecule has 0 spiro atoms. The SMILES string of the molecule is CC(Oc1ccccc1C(C)C)C(=O)NCCc1ccc2c(c1)OCCO2. The number of benzene rings is 2. The van der Waals surface area contributed by atoms with Crippen molar-refractivity contribution >= 4 is 5.91 Å². The third-order valence-corrected chi connectivity index (χ3v) is 4.53. The van der Waals surface area contributed by atoms with Crippen LogP contribution in [0.3, 0.4) is 0 Å². The highest BCUT2D eigenvalue weighted by molar-refractivity contribution is 5.80. The summed E-state index contributed by atoms with van der Waals surface area (Å²) in [5.41, 5.74) is 2.20. The van der Waals surface area contributed by atoms with Crippen LogP contribution in [-0.2, 0) is 11.2 Å². The number of carbonyl (C=O) groups is 1. The molecule has 3 rings (SSSR count). The van der Waals surface area contributed by atoms with Crippen molar-refractivity contribution in [3.8, 4) is 17.2 Å². The van der Waals surface area contributed by atoms with Crippen LogP contribution in [0, 0.1) is 0 Å². The maximum absolute atomic E-state index is 12.4. The molecular formula is C22H27NO4. The average Bonchev–Trinajstić information content (AvgIpc) is 2.68. The van der Waals surface area contributed by atoms with E-state index in [4.69, 9.17) is 14.2 Å². The summed E-state index contributed by atoms with van der Waals surface area (Å²) in [5.74, 6) is 2.53. The van der Waals surface area contributed by atoms with Gasteiger partial charge in [0.25, 0.3) is 5.91 Å². The van der Waals surface area contributed by atoms with Gasteiger partial charge in [0, 0.05) is 6.54 Å². The zero-order valence-corrected chi connectivity index (χ0v) is 16.2. The van der Waals surface area contributed by atoms with Crippen LogP contribution in [-0.4, -0.2) is 31.8 Å². The first-order valence-corrected chi connectivity index (χ1v) is 9.46. The third-order valence-electron chi connectivity index (χ3n) is 4.53. The maximum atomic E-state index is 12.4. The Kier molecular flexibility index (Phi) is 6.22. The first kappa shape index (κ1) is 19.1. The minimum atomic E-state index is -0.551. The van der Waals surface area contributed by atoms with Gasteiger partial charge in [-0.15, -0.1) is 0 Å². The molecule has 1 atom stereocenters. The Morgan fingerprint density at radius 2 is 1.81 bits per heavy atom. The van der Waals surface area contributed by atoms with Crippen LogP contribution in [0.15, 0.2) is 42.5 Å². The Morgan fingerprint density at radius 3 is 2.59 bits per heavy atom. The van der Waals surface area contributed by atoms with Crippen LogP contribution in [0.25, 0.3) is 0 Å². The van der Waals surface area contributed by atoms with E-state index in [0.717, 1.165) is 34.8 Å². The van der Waals surface area contributed by atoms with Crippen LogP contribution < -0.4 is 19.5 Å². The lowest BCUT2D eigenvalue weighted by Gasteiger charge is -2.19. The van der Waals surface area contributed by atoms with Crippen LogP contribution in [0.4, 0.5) is 0 Å². The van der Waals surface area contributed by atoms with Crippen molar-refractivity contribution in [1.82, 2.24) is 5.32 Å². The molecule has 0 saturated carbocycles. The van der Waals surface area contributed by atoms with Crippen molar-refractivity contribution in [3.63, 3.8) is 0 Å². The number of amides is 1. The predicted octanol–water partition coefficient (Wildman–Crippen LogP) is 3.71. The van der Waals surface area contributed by atoms with E-state index < -0.39 is 6.10 Å². The Balaban J connectivity index is 1.50. The van der Waals surface area contributed by atoms with E-state index in [0.29, 0.717) is 25.7 Å². The molecule has 1 N–H and O–H groups in total. The van der Waals surface area contributed by atoms with Gasteiger partial charge in [0.15, 0.2) is 17.6 Å². The van der Waals surface area contributed by atoms with E-state index in [1.165, 1.54) is 0 Å². The monoisotopic (exact) mass is 369 g/mol. The second kappa shape index (κ2) is 8.80. The molecule has 0 aromatic heterocycles. The Morgan fingerprint density at radius 1 is 1.07 bits per heavy atom. The van der Waals surface area contributed by atoms with E-state index >= 15 is 0 Å². The fourth-order valence-electron chi connectivity index (χ4n) is 3.03. The molecule has 1 amide bonds. The molecular weight excluding hydrogens is 342 g/mol. The first-order chi connectivity index (χ1) is 13.0. The van der Waals surface area contributed by atoms with Gasteiger partial charge in [-0.1, -0.05) is 38.1 Å². The van der Waals surface area contributed by atoms with Gasteiger partial charge >= 0.3 is 0 Å². The summed E-state index contributed by atoms with van der Waals surface area (Å²) < 4.78 is 17.0. The van der Waals surface area contributed by atoms with Crippen molar-refractivity contribution in [2.45, 2.75) is 39.2 Å². The van der Waals surface area contributed by atoms with E-state index in [1.807, 2.05) is 42.5 Å². The first-order valence-electron chi connectivity index (χ1n) is 9.46. The molecule has 1 aliphatic rings. The van der Waals surface area contributed by atoms with E-state index in [9.17, 15) is 4.79 Å². The van der Waals surface area contributed by atoms with Gasteiger partial charge in [0.2, 0.25) is 0 Å². The van der Waals surface area contributed by atoms with Gasteiger partial charge in [0.05, 0.1) is 0 Å². The normalized spacial score (nSPS) is 13.9. The summed E-state index contributed by atoms with van der Waals surface area (Å²) in [7, 11) is 0. The number of rotatable bonds is 7. The summed E-state index contributed by atoms with van der Waals surface area (Å²) in [5, 5.41) is 2.94. The molecule has 5 heteroatoms. The highest BCUT2D eigenvalue weighted by Gasteiger charge is 2.17. The smallest absolute Gasteiger partial charge is 0.260 e. The van der Waals surface area contributed by atoms with Crippen LogP contribution in [0.1, 0.15) is 37.8 Å². The number of nitrogens with one attached hydrogen (secondary N) is 1. The average molecular weight is 369 g/mol. The fraction of sp³-hybridized carbons (Fsp3) is 0.409. The van der Waals surface area contributed by atoms with Gasteiger partial charge in [-0.3, -0.25) is 4.79 Å². The molecule has 0 saturated heterocycles. The van der Waals surface area contributed by atoms with Crippen LogP contribution >= 0.6 is 0 Å². The molecule has 0 fully saturated rings. The highest BCUT2D eigenvalue weighted by Crippen LogP contribution is 2.30. The summed E-state index contributed by atoms with van der Waals surface area (Å²) >= 11 is 0. The minimum Gasteiger partial charge on any atom is -0.486 e. The lowest BCUT2D eigenvalue weighted by molar-refractivity contribution is -0.127. The van der Waals surface area contributed by atoms with Crippen LogP contribution in [0.5, 0.6) is 17.2 Å². The highest BCUT2D eigenvalue weighted by atomic mass is 16.6. The lowest BCUT2D eigenvalue weighted by atomic mass is 10.0. The largest absolute Gasteiger partial charge is 0.486 e. The van der Waals surface area contributed by atoms with Gasteiger partial charge in [0.1, 0.15) is 19.0 Å². The van der Waals surface area contributed by atoms with E-state index in [1.54, 1.807) is 6.92 Å². The second-order valence-corrected chi connectivity index (χ2v) is 6.97. The van der Waals surface area contributed by atoms with Crippen molar-refractivity contribution in [3.05, 3.63) is 53.6 Å². The van der Waals surface area contributed by atoms with Gasteiger partial charge in [-0.25, -0.2) is 0 Å². The predicted molar refractivity (Wildman–Crippen MR) is 105 cm³/mol. The standard InChI is InChI=1S/C22H27NO4/c1-15(2)18-6-4-5-7-19(18)27-16(3)22(24)23-11-10-17-8-9-20-21(14-17)26-13-12-25-20/h4-9,14-16H,10-13H2,1-3H3,(H,23,24). The number of para-hydroxylation sites is 1. The molecule has 144 valence electrons. The molecule has 2 aromatic rings. The molecule has 1 aliphatic heterocycles. The van der Waals surface area contributed by atoms with Gasteiger partial charge in [-0.2, -0.15) is 0 Å². The molecule has 2 aromatic carbocycles. The third kappa shape index (κ3) is 4.94. The van der Waals surface area contributed by atoms with Gasteiger partial charge in [-0.05, 0) is 48.6 Å². The molecule has 5 nitrogen and oxygen atoms in total. The quantitative estimate of drug-likeness (QED) is 0.808. The molecule has 0 bridgehead atoms. The van der Waals surface area contributed by atoms with Crippen molar-refractivity contribution in [1.29, 1.82) is 0 Å². The number of hydrogen-bond donors (Lipinski definition) is 1. The van der Waals surface area contributed by atoms with E-state index in [-0.39, 0.29) is 5.91 Å². The topological polar surface area (TPSA) is 56.8 Å². The zero-order chi connectivity index (χ0) is 19.2.